The number of rotatable bonds is 7. The first-order valence-electron chi connectivity index (χ1n) is 8.67. The van der Waals surface area contributed by atoms with Crippen LogP contribution in [0.2, 0.25) is 0 Å². The van der Waals surface area contributed by atoms with Crippen LogP contribution in [0.1, 0.15) is 76.2 Å². The fourth-order valence-corrected chi connectivity index (χ4v) is 3.60. The Bertz CT molecular complexity index is 391. The van der Waals surface area contributed by atoms with Crippen molar-refractivity contribution in [2.24, 2.45) is 5.92 Å². The Morgan fingerprint density at radius 2 is 1.67 bits per heavy atom. The van der Waals surface area contributed by atoms with E-state index in [-0.39, 0.29) is 6.10 Å². The fraction of sp³-hybridized carbons (Fsp3) is 0.684. The monoisotopic (exact) mass is 290 g/mol. The highest BCUT2D eigenvalue weighted by molar-refractivity contribution is 5.28. The molecule has 0 bridgehead atoms. The van der Waals surface area contributed by atoms with Gasteiger partial charge in [0.1, 0.15) is 5.75 Å². The van der Waals surface area contributed by atoms with Crippen molar-refractivity contribution in [2.45, 2.75) is 76.7 Å². The summed E-state index contributed by atoms with van der Waals surface area (Å²) in [7, 11) is 0. The second-order valence-electron chi connectivity index (χ2n) is 6.62. The summed E-state index contributed by atoms with van der Waals surface area (Å²) in [6, 6.07) is 7.65. The zero-order valence-corrected chi connectivity index (χ0v) is 13.3. The molecule has 0 radical (unpaired) electrons. The van der Waals surface area contributed by atoms with E-state index in [2.05, 4.69) is 6.92 Å². The average Bonchev–Trinajstić information content (AvgIpc) is 2.52. The maximum absolute atomic E-state index is 10.3. The van der Waals surface area contributed by atoms with Gasteiger partial charge in [0, 0.05) is 0 Å². The van der Waals surface area contributed by atoms with Gasteiger partial charge in [-0.3, -0.25) is 0 Å². The molecule has 2 N–H and O–H groups in total. The molecule has 1 fully saturated rings. The summed E-state index contributed by atoms with van der Waals surface area (Å²) in [4.78, 5) is 0. The van der Waals surface area contributed by atoms with Crippen molar-refractivity contribution in [3.05, 3.63) is 29.8 Å². The summed E-state index contributed by atoms with van der Waals surface area (Å²) in [5, 5.41) is 19.7. The third-order valence-electron chi connectivity index (χ3n) is 5.03. The molecule has 0 spiro atoms. The number of hydrogen-bond acceptors (Lipinski definition) is 2. The molecule has 21 heavy (non-hydrogen) atoms. The molecule has 1 aliphatic rings. The van der Waals surface area contributed by atoms with E-state index in [1.807, 2.05) is 12.1 Å². The lowest BCUT2D eigenvalue weighted by Gasteiger charge is -2.31. The van der Waals surface area contributed by atoms with Crippen molar-refractivity contribution in [3.63, 3.8) is 0 Å². The Kier molecular flexibility index (Phi) is 6.56. The number of phenols is 1. The fourth-order valence-electron chi connectivity index (χ4n) is 3.60. The number of hydrogen-bond donors (Lipinski definition) is 2. The molecule has 0 saturated heterocycles. The Hall–Kier alpha value is -1.02. The molecule has 2 nitrogen and oxygen atoms in total. The van der Waals surface area contributed by atoms with E-state index >= 15 is 0 Å². The molecular weight excluding hydrogens is 260 g/mol. The molecule has 0 aliphatic heterocycles. The van der Waals surface area contributed by atoms with Crippen LogP contribution in [-0.2, 0) is 0 Å². The first-order valence-corrected chi connectivity index (χ1v) is 8.67. The van der Waals surface area contributed by atoms with Crippen LogP contribution in [0, 0.1) is 5.92 Å². The summed E-state index contributed by atoms with van der Waals surface area (Å²) in [5.41, 5.74) is 1.34. The Morgan fingerprint density at radius 1 is 1.00 bits per heavy atom. The number of aliphatic hydroxyl groups is 1. The van der Waals surface area contributed by atoms with E-state index in [4.69, 9.17) is 0 Å². The van der Waals surface area contributed by atoms with Crippen LogP contribution in [-0.4, -0.2) is 16.3 Å². The quantitative estimate of drug-likeness (QED) is 0.694. The number of phenolic OH excluding ortho intramolecular Hbond substituents is 1. The highest BCUT2D eigenvalue weighted by Crippen LogP contribution is 2.38. The largest absolute Gasteiger partial charge is 0.508 e. The van der Waals surface area contributed by atoms with Crippen molar-refractivity contribution in [2.75, 3.05) is 0 Å². The minimum Gasteiger partial charge on any atom is -0.508 e. The molecule has 1 atom stereocenters. The summed E-state index contributed by atoms with van der Waals surface area (Å²) in [5.74, 6) is 1.45. The summed E-state index contributed by atoms with van der Waals surface area (Å²) in [6.45, 7) is 2.22. The standard InChI is InChI=1S/C19H30O2/c1-2-3-4-5-6-19(21)17-9-7-15(8-10-17)16-11-13-18(20)14-12-16/h11-15,17,19-21H,2-10H2,1H3/t15?,17?,19-/m0/s1. The van der Waals surface area contributed by atoms with Crippen molar-refractivity contribution in [3.8, 4) is 5.75 Å². The molecule has 1 aromatic carbocycles. The van der Waals surface area contributed by atoms with Gasteiger partial charge in [-0.15, -0.1) is 0 Å². The van der Waals surface area contributed by atoms with Crippen molar-refractivity contribution < 1.29 is 10.2 Å². The maximum atomic E-state index is 10.3. The van der Waals surface area contributed by atoms with Gasteiger partial charge in [0.15, 0.2) is 0 Å². The highest BCUT2D eigenvalue weighted by Gasteiger charge is 2.26. The van der Waals surface area contributed by atoms with Crippen LogP contribution in [0.25, 0.3) is 0 Å². The molecule has 2 heteroatoms. The lowest BCUT2D eigenvalue weighted by Crippen LogP contribution is -2.25. The van der Waals surface area contributed by atoms with Gasteiger partial charge in [0.05, 0.1) is 6.10 Å². The third kappa shape index (κ3) is 5.03. The van der Waals surface area contributed by atoms with Gasteiger partial charge in [-0.1, -0.05) is 44.7 Å². The van der Waals surface area contributed by atoms with Gasteiger partial charge in [0.25, 0.3) is 0 Å². The molecule has 1 saturated carbocycles. The van der Waals surface area contributed by atoms with Crippen LogP contribution in [0.15, 0.2) is 24.3 Å². The predicted octanol–water partition coefficient (Wildman–Crippen LogP) is 5.00. The molecule has 2 rings (SSSR count). The van der Waals surface area contributed by atoms with Crippen LogP contribution in [0.5, 0.6) is 5.75 Å². The summed E-state index contributed by atoms with van der Waals surface area (Å²) in [6.07, 6.45) is 10.5. The van der Waals surface area contributed by atoms with Crippen LogP contribution < -0.4 is 0 Å². The molecule has 1 aromatic rings. The first kappa shape index (κ1) is 16.4. The lowest BCUT2D eigenvalue weighted by molar-refractivity contribution is 0.0712. The van der Waals surface area contributed by atoms with Crippen molar-refractivity contribution >= 4 is 0 Å². The van der Waals surface area contributed by atoms with E-state index in [0.717, 1.165) is 19.3 Å². The zero-order valence-electron chi connectivity index (χ0n) is 13.3. The van der Waals surface area contributed by atoms with E-state index in [1.54, 1.807) is 12.1 Å². The molecular formula is C19H30O2. The normalized spacial score (nSPS) is 23.9. The molecule has 0 heterocycles. The van der Waals surface area contributed by atoms with Gasteiger partial charge < -0.3 is 10.2 Å². The number of benzene rings is 1. The smallest absolute Gasteiger partial charge is 0.115 e. The van der Waals surface area contributed by atoms with Crippen LogP contribution in [0.4, 0.5) is 0 Å². The predicted molar refractivity (Wildman–Crippen MR) is 87.6 cm³/mol. The summed E-state index contributed by atoms with van der Waals surface area (Å²) >= 11 is 0. The van der Waals surface area contributed by atoms with Gasteiger partial charge >= 0.3 is 0 Å². The van der Waals surface area contributed by atoms with Gasteiger partial charge in [-0.2, -0.15) is 0 Å². The van der Waals surface area contributed by atoms with Gasteiger partial charge in [0.2, 0.25) is 0 Å². The molecule has 0 aromatic heterocycles. The topological polar surface area (TPSA) is 40.5 Å². The van der Waals surface area contributed by atoms with Crippen molar-refractivity contribution in [1.82, 2.24) is 0 Å². The number of unbranched alkanes of at least 4 members (excludes halogenated alkanes) is 3. The molecule has 0 unspecified atom stereocenters. The highest BCUT2D eigenvalue weighted by atomic mass is 16.3. The molecule has 118 valence electrons. The Morgan fingerprint density at radius 3 is 2.29 bits per heavy atom. The zero-order chi connectivity index (χ0) is 15.1. The minimum atomic E-state index is -0.0948. The van der Waals surface area contributed by atoms with Gasteiger partial charge in [-0.05, 0) is 61.6 Å². The Balaban J connectivity index is 1.73. The second kappa shape index (κ2) is 8.43. The SMILES string of the molecule is CCCCCC[C@H](O)C1CCC(c2ccc(O)cc2)CC1. The van der Waals surface area contributed by atoms with Crippen LogP contribution in [0.3, 0.4) is 0 Å². The third-order valence-corrected chi connectivity index (χ3v) is 5.03. The first-order chi connectivity index (χ1) is 10.2. The number of aromatic hydroxyl groups is 1. The second-order valence-corrected chi connectivity index (χ2v) is 6.62. The van der Waals surface area contributed by atoms with E-state index in [1.165, 1.54) is 44.1 Å². The van der Waals surface area contributed by atoms with Crippen LogP contribution >= 0.6 is 0 Å². The minimum absolute atomic E-state index is 0.0948. The molecule has 1 aliphatic carbocycles. The van der Waals surface area contributed by atoms with E-state index < -0.39 is 0 Å². The number of aliphatic hydroxyl groups excluding tert-OH is 1. The molecule has 0 amide bonds. The van der Waals surface area contributed by atoms with Gasteiger partial charge in [-0.25, -0.2) is 0 Å². The maximum Gasteiger partial charge on any atom is 0.115 e. The van der Waals surface area contributed by atoms with Crippen molar-refractivity contribution in [1.29, 1.82) is 0 Å². The van der Waals surface area contributed by atoms with E-state index in [0.29, 0.717) is 17.6 Å². The lowest BCUT2D eigenvalue weighted by atomic mass is 9.76. The summed E-state index contributed by atoms with van der Waals surface area (Å²) < 4.78 is 0. The average molecular weight is 290 g/mol. The van der Waals surface area contributed by atoms with E-state index in [9.17, 15) is 10.2 Å². The Labute approximate surface area is 129 Å².